The first-order chi connectivity index (χ1) is 12.3. The highest BCUT2D eigenvalue weighted by molar-refractivity contribution is 5.75. The molecule has 2 aromatic carbocycles. The lowest BCUT2D eigenvalue weighted by atomic mass is 10.2. The Hall–Kier alpha value is -3.21. The van der Waals surface area contributed by atoms with Crippen LogP contribution >= 0.6 is 0 Å². The molecule has 0 amide bonds. The molecule has 0 fully saturated rings. The van der Waals surface area contributed by atoms with Crippen molar-refractivity contribution in [3.8, 4) is 23.3 Å². The van der Waals surface area contributed by atoms with Gasteiger partial charge in [0, 0.05) is 6.07 Å². The molecule has 0 saturated carbocycles. The second-order valence-electron chi connectivity index (χ2n) is 4.96. The van der Waals surface area contributed by atoms with Gasteiger partial charge in [-0.2, -0.15) is 18.4 Å². The lowest BCUT2D eigenvalue weighted by Crippen LogP contribution is -2.19. The highest BCUT2D eigenvalue weighted by Gasteiger charge is 2.34. The molecule has 0 bridgehead atoms. The van der Waals surface area contributed by atoms with Crippen molar-refractivity contribution < 1.29 is 32.2 Å². The lowest BCUT2D eigenvalue weighted by molar-refractivity contribution is -0.142. The lowest BCUT2D eigenvalue weighted by Gasteiger charge is -2.14. The van der Waals surface area contributed by atoms with Gasteiger partial charge in [-0.1, -0.05) is 12.1 Å². The van der Waals surface area contributed by atoms with Crippen LogP contribution in [0, 0.1) is 11.3 Å². The van der Waals surface area contributed by atoms with Crippen LogP contribution in [0.5, 0.6) is 17.2 Å². The van der Waals surface area contributed by atoms with Gasteiger partial charge < -0.3 is 14.2 Å². The fourth-order valence-electron chi connectivity index (χ4n) is 2.05. The minimum atomic E-state index is -4.60. The molecule has 0 radical (unpaired) electrons. The fourth-order valence-corrected chi connectivity index (χ4v) is 2.05. The summed E-state index contributed by atoms with van der Waals surface area (Å²) in [6, 6.07) is 10.7. The third kappa shape index (κ3) is 4.89. The molecule has 8 heteroatoms. The Balaban J connectivity index is 2.08. The van der Waals surface area contributed by atoms with E-state index in [0.717, 1.165) is 12.1 Å². The summed E-state index contributed by atoms with van der Waals surface area (Å²) in [5.74, 6) is -1.16. The van der Waals surface area contributed by atoms with Gasteiger partial charge in [0.15, 0.2) is 18.1 Å². The van der Waals surface area contributed by atoms with Crippen LogP contribution in [0.15, 0.2) is 42.5 Å². The van der Waals surface area contributed by atoms with Gasteiger partial charge >= 0.3 is 12.1 Å². The molecule has 0 N–H and O–H groups in total. The zero-order valence-electron chi connectivity index (χ0n) is 13.7. The number of ether oxygens (including phenoxy) is 3. The summed E-state index contributed by atoms with van der Waals surface area (Å²) >= 11 is 0. The number of esters is 1. The van der Waals surface area contributed by atoms with E-state index in [9.17, 15) is 18.0 Å². The molecule has 5 nitrogen and oxygen atoms in total. The molecule has 0 heterocycles. The number of benzene rings is 2. The molecule has 0 unspecified atom stereocenters. The number of hydrogen-bond acceptors (Lipinski definition) is 5. The van der Waals surface area contributed by atoms with Crippen molar-refractivity contribution in [1.82, 2.24) is 0 Å². The summed E-state index contributed by atoms with van der Waals surface area (Å²) in [5.41, 5.74) is -0.676. The number of alkyl halides is 3. The number of rotatable bonds is 6. The molecular weight excluding hydrogens is 351 g/mol. The first-order valence-electron chi connectivity index (χ1n) is 7.51. The number of carbonyl (C=O) groups excluding carboxylic acids is 1. The van der Waals surface area contributed by atoms with Crippen LogP contribution in [0.1, 0.15) is 18.1 Å². The van der Waals surface area contributed by atoms with E-state index in [2.05, 4.69) is 0 Å². The molecule has 136 valence electrons. The number of hydrogen-bond donors (Lipinski definition) is 0. The average Bonchev–Trinajstić information content (AvgIpc) is 2.61. The smallest absolute Gasteiger partial charge is 0.419 e. The molecule has 26 heavy (non-hydrogen) atoms. The Morgan fingerprint density at radius 3 is 2.46 bits per heavy atom. The van der Waals surface area contributed by atoms with Crippen molar-refractivity contribution in [3.63, 3.8) is 0 Å². The van der Waals surface area contributed by atoms with E-state index in [-0.39, 0.29) is 18.1 Å². The van der Waals surface area contributed by atoms with Gasteiger partial charge in [0.1, 0.15) is 5.75 Å². The van der Waals surface area contributed by atoms with Crippen molar-refractivity contribution in [1.29, 1.82) is 5.26 Å². The highest BCUT2D eigenvalue weighted by atomic mass is 19.4. The number of nitriles is 1. The maximum atomic E-state index is 12.9. The largest absolute Gasteiger partial charge is 0.490 e. The zero-order chi connectivity index (χ0) is 19.2. The summed E-state index contributed by atoms with van der Waals surface area (Å²) < 4.78 is 54.0. The standard InChI is InChI=1S/C18H14F3NO4/c1-2-24-16-9-12(10-22)7-8-15(16)26-17(23)11-25-14-6-4-3-5-13(14)18(19,20)21/h3-9H,2,11H2,1H3. The van der Waals surface area contributed by atoms with E-state index in [1.807, 2.05) is 6.07 Å². The number of nitrogens with zero attached hydrogens (tertiary/aromatic N) is 1. The maximum Gasteiger partial charge on any atom is 0.419 e. The van der Waals surface area contributed by atoms with Crippen LogP contribution in [0.25, 0.3) is 0 Å². The van der Waals surface area contributed by atoms with Gasteiger partial charge in [-0.15, -0.1) is 0 Å². The van der Waals surface area contributed by atoms with Crippen molar-refractivity contribution in [3.05, 3.63) is 53.6 Å². The summed E-state index contributed by atoms with van der Waals surface area (Å²) in [4.78, 5) is 11.9. The minimum absolute atomic E-state index is 0.0450. The topological polar surface area (TPSA) is 68.5 Å². The van der Waals surface area contributed by atoms with Gasteiger partial charge in [0.2, 0.25) is 0 Å². The first kappa shape index (κ1) is 19.1. The van der Waals surface area contributed by atoms with E-state index in [1.165, 1.54) is 30.3 Å². The van der Waals surface area contributed by atoms with Gasteiger partial charge in [0.05, 0.1) is 23.8 Å². The summed E-state index contributed by atoms with van der Waals surface area (Å²) in [6.07, 6.45) is -4.60. The van der Waals surface area contributed by atoms with Crippen LogP contribution in [0.3, 0.4) is 0 Å². The fraction of sp³-hybridized carbons (Fsp3) is 0.222. The summed E-state index contributed by atoms with van der Waals surface area (Å²) in [5, 5.41) is 8.88. The van der Waals surface area contributed by atoms with E-state index in [1.54, 1.807) is 6.92 Å². The summed E-state index contributed by atoms with van der Waals surface area (Å²) in [6.45, 7) is 1.26. The number of para-hydroxylation sites is 1. The molecule has 0 aromatic heterocycles. The van der Waals surface area contributed by atoms with E-state index < -0.39 is 30.1 Å². The number of carbonyl (C=O) groups is 1. The normalized spacial score (nSPS) is 10.7. The highest BCUT2D eigenvalue weighted by Crippen LogP contribution is 2.36. The summed E-state index contributed by atoms with van der Waals surface area (Å²) in [7, 11) is 0. The second-order valence-corrected chi connectivity index (χ2v) is 4.96. The van der Waals surface area contributed by atoms with Gasteiger partial charge in [-0.05, 0) is 31.2 Å². The Kier molecular flexibility index (Phi) is 6.07. The van der Waals surface area contributed by atoms with Gasteiger partial charge in [0.25, 0.3) is 0 Å². The molecule has 2 aromatic rings. The predicted octanol–water partition coefficient (Wildman–Crippen LogP) is 3.96. The SMILES string of the molecule is CCOc1cc(C#N)ccc1OC(=O)COc1ccccc1C(F)(F)F. The predicted molar refractivity (Wildman–Crippen MR) is 84.9 cm³/mol. The van der Waals surface area contributed by atoms with E-state index in [4.69, 9.17) is 19.5 Å². The van der Waals surface area contributed by atoms with E-state index in [0.29, 0.717) is 5.56 Å². The molecular formula is C18H14F3NO4. The Labute approximate surface area is 147 Å². The van der Waals surface area contributed by atoms with Gasteiger partial charge in [-0.25, -0.2) is 4.79 Å². The first-order valence-corrected chi connectivity index (χ1v) is 7.51. The van der Waals surface area contributed by atoms with Crippen molar-refractivity contribution in [2.45, 2.75) is 13.1 Å². The van der Waals surface area contributed by atoms with Crippen LogP contribution in [0.2, 0.25) is 0 Å². The molecule has 0 aliphatic rings. The van der Waals surface area contributed by atoms with Crippen LogP contribution in [-0.4, -0.2) is 19.2 Å². The maximum absolute atomic E-state index is 12.9. The molecule has 0 aliphatic carbocycles. The van der Waals surface area contributed by atoms with Crippen LogP contribution < -0.4 is 14.2 Å². The van der Waals surface area contributed by atoms with Crippen molar-refractivity contribution in [2.24, 2.45) is 0 Å². The monoisotopic (exact) mass is 365 g/mol. The minimum Gasteiger partial charge on any atom is -0.490 e. The third-order valence-corrected chi connectivity index (χ3v) is 3.13. The molecule has 2 rings (SSSR count). The molecule has 0 saturated heterocycles. The van der Waals surface area contributed by atoms with Crippen LogP contribution in [0.4, 0.5) is 13.2 Å². The average molecular weight is 365 g/mol. The van der Waals surface area contributed by atoms with Crippen LogP contribution in [-0.2, 0) is 11.0 Å². The Bertz CT molecular complexity index is 828. The van der Waals surface area contributed by atoms with Crippen molar-refractivity contribution in [2.75, 3.05) is 13.2 Å². The number of halogens is 3. The molecule has 0 spiro atoms. The third-order valence-electron chi connectivity index (χ3n) is 3.13. The van der Waals surface area contributed by atoms with Gasteiger partial charge in [-0.3, -0.25) is 0 Å². The Morgan fingerprint density at radius 2 is 1.81 bits per heavy atom. The molecule has 0 atom stereocenters. The Morgan fingerprint density at radius 1 is 1.08 bits per heavy atom. The quantitative estimate of drug-likeness (QED) is 0.573. The van der Waals surface area contributed by atoms with Crippen molar-refractivity contribution >= 4 is 5.97 Å². The molecule has 0 aliphatic heterocycles. The second kappa shape index (κ2) is 8.25. The zero-order valence-corrected chi connectivity index (χ0v) is 13.7. The van der Waals surface area contributed by atoms with E-state index >= 15 is 0 Å².